The maximum atomic E-state index is 15.2. The van der Waals surface area contributed by atoms with Gasteiger partial charge in [-0.05, 0) is 0 Å². The van der Waals surface area contributed by atoms with Crippen LogP contribution in [0.2, 0.25) is 0 Å². The Kier molecular flexibility index (Phi) is 13.4. The zero-order valence-corrected chi connectivity index (χ0v) is 25.0. The summed E-state index contributed by atoms with van der Waals surface area (Å²) in [5.74, 6) is -6.27. The molecular formula is C26H35FO17. The maximum absolute atomic E-state index is 15.2. The Morgan fingerprint density at radius 1 is 0.477 bits per heavy atom. The summed E-state index contributed by atoms with van der Waals surface area (Å²) < 4.78 is 68.6. The minimum absolute atomic E-state index is 0.592. The molecule has 0 N–H and O–H groups in total. The first-order valence-corrected chi connectivity index (χ1v) is 13.2. The van der Waals surface area contributed by atoms with Crippen LogP contribution < -0.4 is 0 Å². The average Bonchev–Trinajstić information content (AvgIpc) is 2.87. The molecule has 248 valence electrons. The van der Waals surface area contributed by atoms with Crippen molar-refractivity contribution in [3.8, 4) is 0 Å². The molecule has 0 aromatic heterocycles. The molecule has 44 heavy (non-hydrogen) atoms. The molecule has 2 fully saturated rings. The predicted octanol–water partition coefficient (Wildman–Crippen LogP) is -0.424. The third kappa shape index (κ3) is 10.7. The highest BCUT2D eigenvalue weighted by Crippen LogP contribution is 2.35. The number of rotatable bonds is 11. The van der Waals surface area contributed by atoms with E-state index in [1.807, 2.05) is 0 Å². The molecule has 0 amide bonds. The van der Waals surface area contributed by atoms with Crippen LogP contribution >= 0.6 is 0 Å². The standard InChI is InChI=1S/C26H35FO17/c1-10(28)35-8-17-20(21(38-13(4)31)23(25(27)42-17)40-15(6)33)44-26-24(41-16(7)34)22(39-14(5)32)19(37-12(3)30)18(43-26)9-36-11(2)29/h17-26H,8-9H2,1-7H3/t17-,18-,19-,20+,21+,22+,23-,24-,25+,26+/m1/s1. The van der Waals surface area contributed by atoms with Gasteiger partial charge in [0.1, 0.15) is 31.5 Å². The Labute approximate surface area is 250 Å². The van der Waals surface area contributed by atoms with Crippen LogP contribution in [-0.4, -0.2) is 116 Å². The molecule has 2 aliphatic rings. The first-order chi connectivity index (χ1) is 20.5. The Hall–Kier alpha value is -3.90. The van der Waals surface area contributed by atoms with E-state index >= 15 is 4.39 Å². The SMILES string of the molecule is CC(=O)OC[C@H]1O[C@H](F)[C@H](OC(C)=O)[C@@H](OC(C)=O)[C@H]1O[C@@H]1O[C@H](COC(C)=O)[C@@H](OC(C)=O)[C@H](OC(C)=O)[C@H]1OC(C)=O. The fourth-order valence-corrected chi connectivity index (χ4v) is 4.46. The molecule has 0 bridgehead atoms. The van der Waals surface area contributed by atoms with Gasteiger partial charge in [0, 0.05) is 48.5 Å². The quantitative estimate of drug-likeness (QED) is 0.207. The number of alkyl halides is 1. The summed E-state index contributed by atoms with van der Waals surface area (Å²) in [5, 5.41) is 0. The molecular weight excluding hydrogens is 603 g/mol. The highest BCUT2D eigenvalue weighted by atomic mass is 19.1. The van der Waals surface area contributed by atoms with E-state index in [1.54, 1.807) is 0 Å². The normalized spacial score (nSPS) is 31.5. The van der Waals surface area contributed by atoms with Crippen molar-refractivity contribution in [1.82, 2.24) is 0 Å². The van der Waals surface area contributed by atoms with Crippen molar-refractivity contribution in [2.75, 3.05) is 13.2 Å². The Morgan fingerprint density at radius 3 is 1.27 bits per heavy atom. The topological polar surface area (TPSA) is 212 Å². The largest absolute Gasteiger partial charge is 0.463 e. The van der Waals surface area contributed by atoms with Gasteiger partial charge >= 0.3 is 41.8 Å². The molecule has 18 heteroatoms. The van der Waals surface area contributed by atoms with E-state index in [4.69, 9.17) is 47.4 Å². The second-order valence-corrected chi connectivity index (χ2v) is 9.64. The van der Waals surface area contributed by atoms with Gasteiger partial charge in [0.2, 0.25) is 6.36 Å². The minimum atomic E-state index is -2.40. The van der Waals surface area contributed by atoms with Crippen LogP contribution in [0.1, 0.15) is 48.5 Å². The van der Waals surface area contributed by atoms with Crippen molar-refractivity contribution >= 4 is 41.8 Å². The number of carbonyl (C=O) groups is 7. The number of hydrogen-bond donors (Lipinski definition) is 0. The number of halogens is 1. The van der Waals surface area contributed by atoms with Gasteiger partial charge in [-0.15, -0.1) is 0 Å². The fourth-order valence-electron chi connectivity index (χ4n) is 4.46. The van der Waals surface area contributed by atoms with Gasteiger partial charge in [0.15, 0.2) is 36.8 Å². The molecule has 2 heterocycles. The molecule has 2 rings (SSSR count). The molecule has 0 unspecified atom stereocenters. The first-order valence-electron chi connectivity index (χ1n) is 13.2. The van der Waals surface area contributed by atoms with Crippen LogP contribution in [0.15, 0.2) is 0 Å². The van der Waals surface area contributed by atoms with Crippen molar-refractivity contribution < 1.29 is 85.3 Å². The maximum Gasteiger partial charge on any atom is 0.303 e. The number of esters is 7. The Morgan fingerprint density at radius 2 is 0.841 bits per heavy atom. The van der Waals surface area contributed by atoms with E-state index < -0.39 is 116 Å². The minimum Gasteiger partial charge on any atom is -0.463 e. The Bertz CT molecular complexity index is 1090. The summed E-state index contributed by atoms with van der Waals surface area (Å²) in [7, 11) is 0. The molecule has 0 aliphatic carbocycles. The van der Waals surface area contributed by atoms with Crippen LogP contribution in [0.4, 0.5) is 4.39 Å². The van der Waals surface area contributed by atoms with Gasteiger partial charge in [0.25, 0.3) is 0 Å². The molecule has 0 aromatic rings. The van der Waals surface area contributed by atoms with Gasteiger partial charge < -0.3 is 47.4 Å². The highest BCUT2D eigenvalue weighted by molar-refractivity contribution is 5.69. The van der Waals surface area contributed by atoms with Crippen molar-refractivity contribution in [2.24, 2.45) is 0 Å². The monoisotopic (exact) mass is 638 g/mol. The molecule has 2 saturated heterocycles. The smallest absolute Gasteiger partial charge is 0.303 e. The van der Waals surface area contributed by atoms with Crippen LogP contribution in [0.25, 0.3) is 0 Å². The third-order valence-corrected chi connectivity index (χ3v) is 5.87. The second-order valence-electron chi connectivity index (χ2n) is 9.64. The lowest BCUT2D eigenvalue weighted by molar-refractivity contribution is -0.351. The first kappa shape index (κ1) is 36.3. The summed E-state index contributed by atoms with van der Waals surface area (Å²) in [6.07, 6.45) is -17.5. The molecule has 0 aromatic carbocycles. The van der Waals surface area contributed by atoms with E-state index in [0.717, 1.165) is 48.5 Å². The molecule has 0 saturated carbocycles. The van der Waals surface area contributed by atoms with E-state index in [2.05, 4.69) is 0 Å². The van der Waals surface area contributed by atoms with Crippen molar-refractivity contribution in [3.63, 3.8) is 0 Å². The second kappa shape index (κ2) is 16.2. The van der Waals surface area contributed by atoms with E-state index in [0.29, 0.717) is 0 Å². The summed E-state index contributed by atoms with van der Waals surface area (Å²) in [5.41, 5.74) is 0. The lowest BCUT2D eigenvalue weighted by atomic mass is 9.96. The molecule has 0 radical (unpaired) electrons. The van der Waals surface area contributed by atoms with Gasteiger partial charge in [-0.1, -0.05) is 0 Å². The zero-order chi connectivity index (χ0) is 33.3. The predicted molar refractivity (Wildman–Crippen MR) is 134 cm³/mol. The van der Waals surface area contributed by atoms with Crippen LogP contribution in [0.3, 0.4) is 0 Å². The third-order valence-electron chi connectivity index (χ3n) is 5.87. The van der Waals surface area contributed by atoms with Crippen LogP contribution in [0.5, 0.6) is 0 Å². The van der Waals surface area contributed by atoms with Gasteiger partial charge in [-0.25, -0.2) is 4.39 Å². The van der Waals surface area contributed by atoms with E-state index in [9.17, 15) is 33.6 Å². The summed E-state index contributed by atoms with van der Waals surface area (Å²) in [6.45, 7) is 5.83. The van der Waals surface area contributed by atoms with E-state index in [-0.39, 0.29) is 0 Å². The van der Waals surface area contributed by atoms with Crippen LogP contribution in [-0.2, 0) is 80.9 Å². The molecule has 10 atom stereocenters. The fraction of sp³-hybridized carbons (Fsp3) is 0.731. The summed E-state index contributed by atoms with van der Waals surface area (Å²) in [4.78, 5) is 83.3. The number of hydrogen-bond acceptors (Lipinski definition) is 17. The van der Waals surface area contributed by atoms with Crippen molar-refractivity contribution in [1.29, 1.82) is 0 Å². The molecule has 17 nitrogen and oxygen atoms in total. The van der Waals surface area contributed by atoms with Crippen molar-refractivity contribution in [2.45, 2.75) is 110 Å². The number of carbonyl (C=O) groups excluding carboxylic acids is 7. The number of ether oxygens (including phenoxy) is 10. The van der Waals surface area contributed by atoms with Gasteiger partial charge in [-0.3, -0.25) is 33.6 Å². The lowest BCUT2D eigenvalue weighted by Gasteiger charge is -2.47. The van der Waals surface area contributed by atoms with Gasteiger partial charge in [0.05, 0.1) is 0 Å². The molecule has 0 spiro atoms. The zero-order valence-electron chi connectivity index (χ0n) is 25.0. The lowest BCUT2D eigenvalue weighted by Crippen LogP contribution is -2.66. The summed E-state index contributed by atoms with van der Waals surface area (Å²) in [6, 6.07) is 0. The van der Waals surface area contributed by atoms with Crippen molar-refractivity contribution in [3.05, 3.63) is 0 Å². The van der Waals surface area contributed by atoms with Gasteiger partial charge in [-0.2, -0.15) is 0 Å². The summed E-state index contributed by atoms with van der Waals surface area (Å²) >= 11 is 0. The average molecular weight is 639 g/mol. The van der Waals surface area contributed by atoms with Crippen LogP contribution in [0, 0.1) is 0 Å². The van der Waals surface area contributed by atoms with E-state index in [1.165, 1.54) is 0 Å². The highest BCUT2D eigenvalue weighted by Gasteiger charge is 2.57. The molecule has 2 aliphatic heterocycles. The Balaban J connectivity index is 2.66.